The van der Waals surface area contributed by atoms with Gasteiger partial charge in [0.1, 0.15) is 5.82 Å². The summed E-state index contributed by atoms with van der Waals surface area (Å²) >= 11 is 1.70. The first kappa shape index (κ1) is 15.1. The molecule has 0 saturated heterocycles. The molecule has 2 aromatic carbocycles. The van der Waals surface area contributed by atoms with Crippen molar-refractivity contribution in [2.24, 2.45) is 5.73 Å². The minimum atomic E-state index is -0.214. The lowest BCUT2D eigenvalue weighted by Crippen LogP contribution is -2.22. The molecule has 0 aliphatic carbocycles. The summed E-state index contributed by atoms with van der Waals surface area (Å²) in [6, 6.07) is 13.0. The fourth-order valence-corrected chi connectivity index (χ4v) is 3.39. The summed E-state index contributed by atoms with van der Waals surface area (Å²) in [5.74, 6) is -0.214. The van der Waals surface area contributed by atoms with Crippen molar-refractivity contribution in [2.75, 3.05) is 0 Å². The number of aryl methyl sites for hydroxylation is 2. The van der Waals surface area contributed by atoms with Crippen molar-refractivity contribution in [3.8, 4) is 0 Å². The highest BCUT2D eigenvalue weighted by molar-refractivity contribution is 7.99. The molecule has 0 bridgehead atoms. The van der Waals surface area contributed by atoms with Gasteiger partial charge < -0.3 is 5.73 Å². The molecule has 0 aromatic heterocycles. The van der Waals surface area contributed by atoms with E-state index in [1.54, 1.807) is 23.9 Å². The van der Waals surface area contributed by atoms with Crippen LogP contribution in [-0.4, -0.2) is 6.04 Å². The summed E-state index contributed by atoms with van der Waals surface area (Å²) in [6.07, 6.45) is 0. The Labute approximate surface area is 124 Å². The molecule has 0 fully saturated rings. The molecule has 0 amide bonds. The third-order valence-corrected chi connectivity index (χ3v) is 4.91. The second kappa shape index (κ2) is 6.42. The molecule has 106 valence electrons. The third-order valence-electron chi connectivity index (χ3n) is 3.24. The molecule has 1 nitrogen and oxygen atoms in total. The molecular weight excluding hydrogens is 269 g/mol. The topological polar surface area (TPSA) is 26.0 Å². The third kappa shape index (κ3) is 3.62. The predicted octanol–water partition coefficient (Wildman–Crippen LogP) is 4.62. The summed E-state index contributed by atoms with van der Waals surface area (Å²) in [6.45, 7) is 6.14. The van der Waals surface area contributed by atoms with E-state index in [-0.39, 0.29) is 17.1 Å². The molecular formula is C17H20FNS. The van der Waals surface area contributed by atoms with E-state index >= 15 is 0 Å². The van der Waals surface area contributed by atoms with Crippen molar-refractivity contribution in [1.29, 1.82) is 0 Å². The zero-order valence-electron chi connectivity index (χ0n) is 12.1. The number of benzene rings is 2. The van der Waals surface area contributed by atoms with Gasteiger partial charge in [0.25, 0.3) is 0 Å². The fourth-order valence-electron chi connectivity index (χ4n) is 2.23. The summed E-state index contributed by atoms with van der Waals surface area (Å²) in [5.41, 5.74) is 9.52. The van der Waals surface area contributed by atoms with Crippen LogP contribution in [0.5, 0.6) is 0 Å². The maximum Gasteiger partial charge on any atom is 0.123 e. The van der Waals surface area contributed by atoms with Gasteiger partial charge in [0.05, 0.1) is 0 Å². The minimum Gasteiger partial charge on any atom is -0.327 e. The first-order chi connectivity index (χ1) is 9.47. The van der Waals surface area contributed by atoms with E-state index < -0.39 is 0 Å². The number of hydrogen-bond donors (Lipinski definition) is 1. The van der Waals surface area contributed by atoms with Crippen LogP contribution in [0.1, 0.15) is 28.9 Å². The quantitative estimate of drug-likeness (QED) is 0.831. The molecule has 3 heteroatoms. The van der Waals surface area contributed by atoms with Gasteiger partial charge in [-0.15, -0.1) is 11.8 Å². The van der Waals surface area contributed by atoms with Crippen LogP contribution >= 0.6 is 11.8 Å². The van der Waals surface area contributed by atoms with Crippen LogP contribution in [0.15, 0.2) is 47.4 Å². The number of rotatable bonds is 4. The van der Waals surface area contributed by atoms with Gasteiger partial charge >= 0.3 is 0 Å². The molecule has 0 saturated carbocycles. The van der Waals surface area contributed by atoms with Gasteiger partial charge in [0, 0.05) is 16.2 Å². The Hall–Kier alpha value is -1.32. The van der Waals surface area contributed by atoms with Crippen molar-refractivity contribution in [1.82, 2.24) is 0 Å². The Kier molecular flexibility index (Phi) is 4.84. The number of hydrogen-bond acceptors (Lipinski definition) is 2. The second-order valence-electron chi connectivity index (χ2n) is 5.22. The number of halogens is 1. The number of thioether (sulfide) groups is 1. The van der Waals surface area contributed by atoms with Crippen molar-refractivity contribution in [2.45, 2.75) is 37.0 Å². The van der Waals surface area contributed by atoms with Gasteiger partial charge in [0.2, 0.25) is 0 Å². The van der Waals surface area contributed by atoms with Crippen LogP contribution in [0, 0.1) is 19.7 Å². The average molecular weight is 289 g/mol. The molecule has 0 heterocycles. The number of nitrogens with two attached hydrogens (primary N) is 1. The Morgan fingerprint density at radius 2 is 1.85 bits per heavy atom. The molecule has 0 spiro atoms. The van der Waals surface area contributed by atoms with Crippen LogP contribution in [0.3, 0.4) is 0 Å². The standard InChI is InChI=1S/C17H20FNS/c1-11-7-8-16(12(2)9-11)20-17(13(3)19)14-5-4-6-15(18)10-14/h4-10,13,17H,19H2,1-3H3. The molecule has 2 atom stereocenters. The highest BCUT2D eigenvalue weighted by Crippen LogP contribution is 2.38. The first-order valence-electron chi connectivity index (χ1n) is 6.72. The van der Waals surface area contributed by atoms with Gasteiger partial charge in [-0.25, -0.2) is 4.39 Å². The SMILES string of the molecule is Cc1ccc(SC(c2cccc(F)c2)C(C)N)c(C)c1. The zero-order valence-corrected chi connectivity index (χ0v) is 12.9. The van der Waals surface area contributed by atoms with Gasteiger partial charge in [-0.05, 0) is 50.1 Å². The normalized spacial score (nSPS) is 14.1. The molecule has 2 rings (SSSR count). The summed E-state index contributed by atoms with van der Waals surface area (Å²) < 4.78 is 13.4. The van der Waals surface area contributed by atoms with Crippen LogP contribution in [0.4, 0.5) is 4.39 Å². The lowest BCUT2D eigenvalue weighted by Gasteiger charge is -2.22. The van der Waals surface area contributed by atoms with Crippen molar-refractivity contribution in [3.05, 3.63) is 65.0 Å². The maximum atomic E-state index is 13.4. The van der Waals surface area contributed by atoms with Crippen molar-refractivity contribution in [3.63, 3.8) is 0 Å². The minimum absolute atomic E-state index is 0.0482. The van der Waals surface area contributed by atoms with Gasteiger partial charge in [-0.1, -0.05) is 29.8 Å². The van der Waals surface area contributed by atoms with E-state index in [0.717, 1.165) is 5.56 Å². The van der Waals surface area contributed by atoms with E-state index in [1.807, 2.05) is 13.0 Å². The van der Waals surface area contributed by atoms with E-state index in [0.29, 0.717) is 0 Å². The molecule has 2 unspecified atom stereocenters. The zero-order chi connectivity index (χ0) is 14.7. The Bertz CT molecular complexity index is 595. The molecule has 2 N–H and O–H groups in total. The largest absolute Gasteiger partial charge is 0.327 e. The van der Waals surface area contributed by atoms with E-state index in [9.17, 15) is 4.39 Å². The fraction of sp³-hybridized carbons (Fsp3) is 0.294. The molecule has 0 aliphatic heterocycles. The Morgan fingerprint density at radius 3 is 2.45 bits per heavy atom. The first-order valence-corrected chi connectivity index (χ1v) is 7.60. The Morgan fingerprint density at radius 1 is 1.10 bits per heavy atom. The van der Waals surface area contributed by atoms with Crippen LogP contribution < -0.4 is 5.73 Å². The van der Waals surface area contributed by atoms with Crippen LogP contribution in [0.2, 0.25) is 0 Å². The maximum absolute atomic E-state index is 13.4. The van der Waals surface area contributed by atoms with Crippen molar-refractivity contribution >= 4 is 11.8 Å². The van der Waals surface area contributed by atoms with E-state index in [1.165, 1.54) is 22.1 Å². The van der Waals surface area contributed by atoms with Gasteiger partial charge in [-0.2, -0.15) is 0 Å². The molecule has 20 heavy (non-hydrogen) atoms. The van der Waals surface area contributed by atoms with E-state index in [2.05, 4.69) is 32.0 Å². The molecule has 0 radical (unpaired) electrons. The van der Waals surface area contributed by atoms with Crippen LogP contribution in [0.25, 0.3) is 0 Å². The summed E-state index contributed by atoms with van der Waals surface area (Å²) in [7, 11) is 0. The summed E-state index contributed by atoms with van der Waals surface area (Å²) in [4.78, 5) is 1.20. The van der Waals surface area contributed by atoms with Gasteiger partial charge in [-0.3, -0.25) is 0 Å². The highest BCUT2D eigenvalue weighted by atomic mass is 32.2. The average Bonchev–Trinajstić information content (AvgIpc) is 2.37. The lowest BCUT2D eigenvalue weighted by atomic mass is 10.1. The lowest BCUT2D eigenvalue weighted by molar-refractivity contribution is 0.622. The molecule has 2 aromatic rings. The monoisotopic (exact) mass is 289 g/mol. The predicted molar refractivity (Wildman–Crippen MR) is 84.6 cm³/mol. The highest BCUT2D eigenvalue weighted by Gasteiger charge is 2.19. The smallest absolute Gasteiger partial charge is 0.123 e. The Balaban J connectivity index is 2.30. The van der Waals surface area contributed by atoms with Crippen LogP contribution in [-0.2, 0) is 0 Å². The van der Waals surface area contributed by atoms with Crippen molar-refractivity contribution < 1.29 is 4.39 Å². The summed E-state index contributed by atoms with van der Waals surface area (Å²) in [5, 5.41) is 0.0482. The van der Waals surface area contributed by atoms with E-state index in [4.69, 9.17) is 5.73 Å². The molecule has 0 aliphatic rings. The second-order valence-corrected chi connectivity index (χ2v) is 6.40. The van der Waals surface area contributed by atoms with Gasteiger partial charge in [0.15, 0.2) is 0 Å².